The minimum absolute atomic E-state index is 0.251. The van der Waals surface area contributed by atoms with Gasteiger partial charge >= 0.3 is 0 Å². The molecule has 2 amide bonds. The fourth-order valence-corrected chi connectivity index (χ4v) is 3.84. The van der Waals surface area contributed by atoms with Crippen LogP contribution in [0.4, 0.5) is 0 Å². The predicted octanol–water partition coefficient (Wildman–Crippen LogP) is 3.88. The smallest absolute Gasteiger partial charge is 0.269 e. The van der Waals surface area contributed by atoms with E-state index in [1.54, 1.807) is 29.5 Å². The Labute approximate surface area is 179 Å². The Balaban J connectivity index is 1.45. The summed E-state index contributed by atoms with van der Waals surface area (Å²) >= 11 is 1.64. The second-order valence-corrected chi connectivity index (χ2v) is 7.76. The van der Waals surface area contributed by atoms with Gasteiger partial charge in [0.25, 0.3) is 5.91 Å². The average molecular weight is 428 g/mol. The molecule has 0 radical (unpaired) electrons. The van der Waals surface area contributed by atoms with Gasteiger partial charge in [-0.25, -0.2) is 4.98 Å². The number of methoxy groups -OCH3 is 1. The molecule has 0 bridgehead atoms. The Morgan fingerprint density at radius 1 is 1.10 bits per heavy atom. The van der Waals surface area contributed by atoms with Crippen LogP contribution in [-0.2, 0) is 11.2 Å². The van der Waals surface area contributed by atoms with Gasteiger partial charge in [-0.05, 0) is 49.6 Å². The molecule has 0 unspecified atom stereocenters. The number of thiazole rings is 1. The summed E-state index contributed by atoms with van der Waals surface area (Å²) in [5.74, 6) is 0.377. The van der Waals surface area contributed by atoms with Crippen molar-refractivity contribution in [2.75, 3.05) is 13.7 Å². The van der Waals surface area contributed by atoms with Crippen molar-refractivity contribution < 1.29 is 19.1 Å². The van der Waals surface area contributed by atoms with Crippen molar-refractivity contribution in [1.82, 2.24) is 15.8 Å². The fraction of sp³-hybridized carbons (Fsp3) is 0.318. The summed E-state index contributed by atoms with van der Waals surface area (Å²) in [6.07, 6.45) is 2.54. The maximum absolute atomic E-state index is 12.3. The lowest BCUT2D eigenvalue weighted by Crippen LogP contribution is -2.41. The molecule has 0 atom stereocenters. The first kappa shape index (κ1) is 21.6. The highest BCUT2D eigenvalue weighted by Crippen LogP contribution is 2.28. The highest BCUT2D eigenvalue weighted by atomic mass is 32.1. The van der Waals surface area contributed by atoms with E-state index in [2.05, 4.69) is 15.8 Å². The van der Waals surface area contributed by atoms with Gasteiger partial charge in [-0.1, -0.05) is 19.1 Å². The molecule has 0 aliphatic carbocycles. The summed E-state index contributed by atoms with van der Waals surface area (Å²) < 4.78 is 12.0. The van der Waals surface area contributed by atoms with E-state index >= 15 is 0 Å². The average Bonchev–Trinajstić information content (AvgIpc) is 3.18. The second kappa shape index (κ2) is 10.6. The number of aryl methyl sites for hydroxylation is 1. The summed E-state index contributed by atoms with van der Waals surface area (Å²) in [4.78, 5) is 28.9. The van der Waals surface area contributed by atoms with Crippen LogP contribution in [0, 0.1) is 0 Å². The highest BCUT2D eigenvalue weighted by Gasteiger charge is 2.12. The van der Waals surface area contributed by atoms with Gasteiger partial charge in [0, 0.05) is 12.0 Å². The van der Waals surface area contributed by atoms with Crippen molar-refractivity contribution in [3.8, 4) is 11.5 Å². The number of carbonyl (C=O) groups is 2. The Bertz CT molecular complexity index is 986. The molecule has 30 heavy (non-hydrogen) atoms. The first-order chi connectivity index (χ1) is 14.6. The lowest BCUT2D eigenvalue weighted by atomic mass is 10.2. The molecule has 0 fully saturated rings. The van der Waals surface area contributed by atoms with Crippen LogP contribution in [0.15, 0.2) is 42.5 Å². The maximum Gasteiger partial charge on any atom is 0.269 e. The molecular formula is C22H25N3O4S. The quantitative estimate of drug-likeness (QED) is 0.506. The molecule has 1 aromatic heterocycles. The van der Waals surface area contributed by atoms with Crippen molar-refractivity contribution in [3.63, 3.8) is 0 Å². The lowest BCUT2D eigenvalue weighted by Gasteiger charge is -2.12. The predicted molar refractivity (Wildman–Crippen MR) is 117 cm³/mol. The van der Waals surface area contributed by atoms with Gasteiger partial charge in [0.15, 0.2) is 11.5 Å². The van der Waals surface area contributed by atoms with E-state index in [0.717, 1.165) is 28.1 Å². The molecule has 7 nitrogen and oxygen atoms in total. The third kappa shape index (κ3) is 5.70. The van der Waals surface area contributed by atoms with Crippen LogP contribution in [-0.4, -0.2) is 30.5 Å². The number of ether oxygens (including phenoxy) is 2. The summed E-state index contributed by atoms with van der Waals surface area (Å²) in [7, 11) is 1.52. The molecule has 0 saturated carbocycles. The van der Waals surface area contributed by atoms with Gasteiger partial charge in [0.2, 0.25) is 5.91 Å². The topological polar surface area (TPSA) is 89.6 Å². The normalized spacial score (nSPS) is 10.6. The van der Waals surface area contributed by atoms with Crippen LogP contribution in [0.25, 0.3) is 10.2 Å². The largest absolute Gasteiger partial charge is 0.493 e. The van der Waals surface area contributed by atoms with Crippen molar-refractivity contribution >= 4 is 33.4 Å². The van der Waals surface area contributed by atoms with Crippen LogP contribution >= 0.6 is 11.3 Å². The highest BCUT2D eigenvalue weighted by molar-refractivity contribution is 7.18. The molecule has 0 saturated heterocycles. The standard InChI is InChI=1S/C22H25N3O4S/c1-3-13-29-17-12-11-15(14-18(17)28-2)22(27)25-24-20(26)9-6-10-21-23-16-7-4-5-8-19(16)30-21/h4-5,7-8,11-12,14H,3,6,9-10,13H2,1-2H3,(H,24,26)(H,25,27). The van der Waals surface area contributed by atoms with Crippen molar-refractivity contribution in [2.45, 2.75) is 32.6 Å². The van der Waals surface area contributed by atoms with Crippen LogP contribution in [0.1, 0.15) is 41.6 Å². The molecule has 2 N–H and O–H groups in total. The number of hydrogen-bond acceptors (Lipinski definition) is 6. The number of aromatic nitrogens is 1. The second-order valence-electron chi connectivity index (χ2n) is 6.65. The van der Waals surface area contributed by atoms with Gasteiger partial charge < -0.3 is 9.47 Å². The van der Waals surface area contributed by atoms with E-state index < -0.39 is 5.91 Å². The van der Waals surface area contributed by atoms with Gasteiger partial charge in [-0.2, -0.15) is 0 Å². The number of hydrazine groups is 1. The number of nitrogens with one attached hydrogen (secondary N) is 2. The van der Waals surface area contributed by atoms with Crippen molar-refractivity contribution in [1.29, 1.82) is 0 Å². The monoisotopic (exact) mass is 427 g/mol. The first-order valence-corrected chi connectivity index (χ1v) is 10.7. The molecule has 0 aliphatic heterocycles. The van der Waals surface area contributed by atoms with Crippen LogP contribution in [0.3, 0.4) is 0 Å². The Morgan fingerprint density at radius 3 is 2.70 bits per heavy atom. The van der Waals surface area contributed by atoms with Crippen molar-refractivity contribution in [3.05, 3.63) is 53.0 Å². The molecule has 3 rings (SSSR count). The van der Waals surface area contributed by atoms with Crippen LogP contribution in [0.2, 0.25) is 0 Å². The number of hydrogen-bond donors (Lipinski definition) is 2. The molecule has 158 valence electrons. The maximum atomic E-state index is 12.3. The van der Waals surface area contributed by atoms with E-state index in [4.69, 9.17) is 9.47 Å². The SMILES string of the molecule is CCCOc1ccc(C(=O)NNC(=O)CCCc2nc3ccccc3s2)cc1OC. The van der Waals surface area contributed by atoms with Gasteiger partial charge in [0.1, 0.15) is 0 Å². The molecule has 0 spiro atoms. The molecule has 8 heteroatoms. The van der Waals surface area contributed by atoms with E-state index in [0.29, 0.717) is 36.5 Å². The van der Waals surface area contributed by atoms with Gasteiger partial charge in [0.05, 0.1) is 28.9 Å². The van der Waals surface area contributed by atoms with E-state index in [1.165, 1.54) is 7.11 Å². The van der Waals surface area contributed by atoms with Crippen molar-refractivity contribution in [2.24, 2.45) is 0 Å². The third-order valence-corrected chi connectivity index (χ3v) is 5.43. The van der Waals surface area contributed by atoms with Crippen LogP contribution < -0.4 is 20.3 Å². The summed E-state index contributed by atoms with van der Waals surface area (Å²) in [6.45, 7) is 2.57. The minimum Gasteiger partial charge on any atom is -0.493 e. The third-order valence-electron chi connectivity index (χ3n) is 4.34. The number of carbonyl (C=O) groups excluding carboxylic acids is 2. The number of fused-ring (bicyclic) bond motifs is 1. The Hall–Kier alpha value is -3.13. The molecule has 3 aromatic rings. The molecule has 1 heterocycles. The summed E-state index contributed by atoms with van der Waals surface area (Å²) in [6, 6.07) is 12.9. The molecular weight excluding hydrogens is 402 g/mol. The lowest BCUT2D eigenvalue weighted by molar-refractivity contribution is -0.121. The van der Waals surface area contributed by atoms with Gasteiger partial charge in [-0.15, -0.1) is 11.3 Å². The molecule has 0 aliphatic rings. The zero-order valence-corrected chi connectivity index (χ0v) is 17.9. The first-order valence-electron chi connectivity index (χ1n) is 9.85. The number of para-hydroxylation sites is 1. The summed E-state index contributed by atoms with van der Waals surface area (Å²) in [5.41, 5.74) is 6.24. The van der Waals surface area contributed by atoms with Crippen LogP contribution in [0.5, 0.6) is 11.5 Å². The van der Waals surface area contributed by atoms with E-state index in [-0.39, 0.29) is 5.91 Å². The Kier molecular flexibility index (Phi) is 7.62. The zero-order chi connectivity index (χ0) is 21.3. The number of nitrogens with zero attached hydrogens (tertiary/aromatic N) is 1. The van der Waals surface area contributed by atoms with E-state index in [9.17, 15) is 9.59 Å². The molecule has 2 aromatic carbocycles. The zero-order valence-electron chi connectivity index (χ0n) is 17.1. The van der Waals surface area contributed by atoms with E-state index in [1.807, 2.05) is 31.2 Å². The minimum atomic E-state index is -0.421. The fourth-order valence-electron chi connectivity index (χ4n) is 2.83. The number of amides is 2. The number of rotatable bonds is 9. The summed E-state index contributed by atoms with van der Waals surface area (Å²) in [5, 5.41) is 1.01. The number of benzene rings is 2. The Morgan fingerprint density at radius 2 is 1.93 bits per heavy atom. The van der Waals surface area contributed by atoms with Gasteiger partial charge in [-0.3, -0.25) is 20.4 Å².